The molecule has 2 aromatic rings. The summed E-state index contributed by atoms with van der Waals surface area (Å²) in [6, 6.07) is 5.64. The quantitative estimate of drug-likeness (QED) is 0.928. The van der Waals surface area contributed by atoms with E-state index in [2.05, 4.69) is 10.3 Å². The van der Waals surface area contributed by atoms with Crippen molar-refractivity contribution in [2.24, 2.45) is 0 Å². The molecule has 2 aromatic heterocycles. The summed E-state index contributed by atoms with van der Waals surface area (Å²) in [6.45, 7) is 4.72. The van der Waals surface area contributed by atoms with E-state index in [4.69, 9.17) is 16.3 Å². The fourth-order valence-corrected chi connectivity index (χ4v) is 3.00. The number of aromatic nitrogens is 2. The Bertz CT molecular complexity index is 681. The third kappa shape index (κ3) is 2.89. The Balaban J connectivity index is 1.81. The first-order chi connectivity index (χ1) is 9.96. The van der Waals surface area contributed by atoms with Crippen molar-refractivity contribution in [3.05, 3.63) is 35.4 Å². The number of carbonyl (C=O) groups is 1. The van der Waals surface area contributed by atoms with Crippen molar-refractivity contribution in [3.8, 4) is 0 Å². The Morgan fingerprint density at radius 1 is 1.52 bits per heavy atom. The first-order valence-electron chi connectivity index (χ1n) is 7.04. The minimum Gasteiger partial charge on any atom is -0.375 e. The Kier molecular flexibility index (Phi) is 3.63. The number of carbonyl (C=O) groups excluding carboxylic acids is 1. The van der Waals surface area contributed by atoms with Crippen LogP contribution in [0.15, 0.2) is 24.4 Å². The summed E-state index contributed by atoms with van der Waals surface area (Å²) < 4.78 is 7.37. The highest BCUT2D eigenvalue weighted by atomic mass is 35.5. The van der Waals surface area contributed by atoms with Crippen molar-refractivity contribution in [3.63, 3.8) is 0 Å². The number of nitrogens with one attached hydrogen (secondary N) is 1. The molecule has 0 spiro atoms. The van der Waals surface area contributed by atoms with Gasteiger partial charge in [0.15, 0.2) is 5.15 Å². The highest BCUT2D eigenvalue weighted by Gasteiger charge is 2.30. The molecule has 0 radical (unpaired) electrons. The number of imidazole rings is 1. The predicted molar refractivity (Wildman–Crippen MR) is 80.7 cm³/mol. The van der Waals surface area contributed by atoms with Gasteiger partial charge in [-0.25, -0.2) is 4.98 Å². The normalized spacial score (nSPS) is 21.4. The SMILES string of the molecule is CC1(C)CC(NC(=O)c2nc(Cl)c3ccccn23)CCO1. The van der Waals surface area contributed by atoms with E-state index in [1.165, 1.54) is 0 Å². The molecule has 1 aliphatic rings. The van der Waals surface area contributed by atoms with Crippen molar-refractivity contribution in [1.82, 2.24) is 14.7 Å². The first-order valence-corrected chi connectivity index (χ1v) is 7.41. The van der Waals surface area contributed by atoms with E-state index in [0.717, 1.165) is 18.4 Å². The lowest BCUT2D eigenvalue weighted by Gasteiger charge is -2.35. The summed E-state index contributed by atoms with van der Waals surface area (Å²) >= 11 is 6.08. The highest BCUT2D eigenvalue weighted by Crippen LogP contribution is 2.24. The van der Waals surface area contributed by atoms with E-state index >= 15 is 0 Å². The monoisotopic (exact) mass is 307 g/mol. The summed E-state index contributed by atoms with van der Waals surface area (Å²) in [7, 11) is 0. The Hall–Kier alpha value is -1.59. The molecule has 112 valence electrons. The molecular weight excluding hydrogens is 290 g/mol. The lowest BCUT2D eigenvalue weighted by atomic mass is 9.94. The number of hydrogen-bond acceptors (Lipinski definition) is 3. The Morgan fingerprint density at radius 2 is 2.33 bits per heavy atom. The van der Waals surface area contributed by atoms with E-state index in [1.807, 2.05) is 32.0 Å². The number of ether oxygens (including phenoxy) is 1. The molecule has 1 unspecified atom stereocenters. The maximum Gasteiger partial charge on any atom is 0.287 e. The van der Waals surface area contributed by atoms with Crippen LogP contribution in [0.2, 0.25) is 5.15 Å². The van der Waals surface area contributed by atoms with Crippen LogP contribution in [0.1, 0.15) is 37.3 Å². The molecule has 6 heteroatoms. The van der Waals surface area contributed by atoms with Gasteiger partial charge in [-0.05, 0) is 38.8 Å². The predicted octanol–water partition coefficient (Wildman–Crippen LogP) is 2.68. The molecule has 5 nitrogen and oxygen atoms in total. The zero-order valence-corrected chi connectivity index (χ0v) is 12.9. The van der Waals surface area contributed by atoms with Gasteiger partial charge in [0.2, 0.25) is 5.82 Å². The molecule has 3 heterocycles. The maximum atomic E-state index is 12.5. The average molecular weight is 308 g/mol. The van der Waals surface area contributed by atoms with Crippen molar-refractivity contribution in [2.75, 3.05) is 6.61 Å². The van der Waals surface area contributed by atoms with Crippen LogP contribution >= 0.6 is 11.6 Å². The van der Waals surface area contributed by atoms with Gasteiger partial charge in [0.05, 0.1) is 11.1 Å². The van der Waals surface area contributed by atoms with E-state index in [0.29, 0.717) is 17.6 Å². The smallest absolute Gasteiger partial charge is 0.287 e. The molecule has 1 fully saturated rings. The van der Waals surface area contributed by atoms with E-state index in [1.54, 1.807) is 10.6 Å². The van der Waals surface area contributed by atoms with Crippen LogP contribution in [0.5, 0.6) is 0 Å². The second-order valence-corrected chi connectivity index (χ2v) is 6.31. The molecule has 3 rings (SSSR count). The zero-order valence-electron chi connectivity index (χ0n) is 12.1. The fraction of sp³-hybridized carbons (Fsp3) is 0.467. The lowest BCUT2D eigenvalue weighted by molar-refractivity contribution is -0.0615. The average Bonchev–Trinajstić information content (AvgIpc) is 2.76. The number of pyridine rings is 1. The molecule has 21 heavy (non-hydrogen) atoms. The largest absolute Gasteiger partial charge is 0.375 e. The van der Waals surface area contributed by atoms with Crippen LogP contribution in [0, 0.1) is 0 Å². The van der Waals surface area contributed by atoms with E-state index in [9.17, 15) is 4.79 Å². The second-order valence-electron chi connectivity index (χ2n) is 5.95. The Morgan fingerprint density at radius 3 is 3.10 bits per heavy atom. The lowest BCUT2D eigenvalue weighted by Crippen LogP contribution is -2.46. The van der Waals surface area contributed by atoms with Gasteiger partial charge in [-0.3, -0.25) is 9.20 Å². The van der Waals surface area contributed by atoms with E-state index in [-0.39, 0.29) is 17.6 Å². The van der Waals surface area contributed by atoms with Gasteiger partial charge < -0.3 is 10.1 Å². The van der Waals surface area contributed by atoms with Gasteiger partial charge in [0.25, 0.3) is 5.91 Å². The molecule has 0 aliphatic carbocycles. The maximum absolute atomic E-state index is 12.5. The molecule has 1 atom stereocenters. The van der Waals surface area contributed by atoms with Crippen molar-refractivity contribution in [1.29, 1.82) is 0 Å². The zero-order chi connectivity index (χ0) is 15.0. The molecule has 1 aliphatic heterocycles. The van der Waals surface area contributed by atoms with Gasteiger partial charge >= 0.3 is 0 Å². The van der Waals surface area contributed by atoms with Crippen LogP contribution in [-0.4, -0.2) is 33.5 Å². The van der Waals surface area contributed by atoms with Gasteiger partial charge in [-0.15, -0.1) is 0 Å². The minimum atomic E-state index is -0.206. The topological polar surface area (TPSA) is 55.6 Å². The number of hydrogen-bond donors (Lipinski definition) is 1. The van der Waals surface area contributed by atoms with Crippen LogP contribution in [-0.2, 0) is 4.74 Å². The van der Waals surface area contributed by atoms with Crippen molar-refractivity contribution < 1.29 is 9.53 Å². The number of amides is 1. The summed E-state index contributed by atoms with van der Waals surface area (Å²) in [6.07, 6.45) is 3.39. The molecule has 1 amide bonds. The molecule has 1 N–H and O–H groups in total. The molecule has 0 aromatic carbocycles. The summed E-state index contributed by atoms with van der Waals surface area (Å²) in [5.74, 6) is 0.116. The number of fused-ring (bicyclic) bond motifs is 1. The van der Waals surface area contributed by atoms with Gasteiger partial charge in [-0.2, -0.15) is 0 Å². The summed E-state index contributed by atoms with van der Waals surface area (Å²) in [4.78, 5) is 16.6. The number of nitrogens with zero attached hydrogens (tertiary/aromatic N) is 2. The van der Waals surface area contributed by atoms with Crippen molar-refractivity contribution >= 4 is 23.0 Å². The summed E-state index contributed by atoms with van der Waals surface area (Å²) in [5.41, 5.74) is 0.527. The first kappa shape index (κ1) is 14.4. The number of halogens is 1. The molecule has 1 saturated heterocycles. The molecular formula is C15H18ClN3O2. The van der Waals surface area contributed by atoms with Crippen LogP contribution in [0.3, 0.4) is 0 Å². The fourth-order valence-electron chi connectivity index (χ4n) is 2.77. The highest BCUT2D eigenvalue weighted by molar-refractivity contribution is 6.33. The van der Waals surface area contributed by atoms with Crippen LogP contribution in [0.25, 0.3) is 5.52 Å². The van der Waals surface area contributed by atoms with Crippen LogP contribution < -0.4 is 5.32 Å². The summed E-state index contributed by atoms with van der Waals surface area (Å²) in [5, 5.41) is 3.38. The third-order valence-corrected chi connectivity index (χ3v) is 4.02. The molecule has 0 saturated carbocycles. The minimum absolute atomic E-state index is 0.0936. The van der Waals surface area contributed by atoms with Gasteiger partial charge in [0.1, 0.15) is 0 Å². The number of rotatable bonds is 2. The van der Waals surface area contributed by atoms with Gasteiger partial charge in [0, 0.05) is 18.8 Å². The standard InChI is InChI=1S/C15H18ClN3O2/c1-15(2)9-10(6-8-21-15)17-14(20)13-18-12(16)11-5-3-4-7-19(11)13/h3-5,7,10H,6,8-9H2,1-2H3,(H,17,20). The van der Waals surface area contributed by atoms with Crippen LogP contribution in [0.4, 0.5) is 0 Å². The second kappa shape index (κ2) is 5.31. The van der Waals surface area contributed by atoms with Crippen molar-refractivity contribution in [2.45, 2.75) is 38.3 Å². The van der Waals surface area contributed by atoms with Gasteiger partial charge in [-0.1, -0.05) is 17.7 Å². The Labute approximate surface area is 128 Å². The molecule has 0 bridgehead atoms. The van der Waals surface area contributed by atoms with E-state index < -0.39 is 0 Å². The third-order valence-electron chi connectivity index (χ3n) is 3.74.